The lowest BCUT2D eigenvalue weighted by Gasteiger charge is -2.38. The molecule has 6 rings (SSSR count). The van der Waals surface area contributed by atoms with E-state index in [1.165, 1.54) is 25.0 Å². The minimum absolute atomic E-state index is 0.0800. The first-order valence-electron chi connectivity index (χ1n) is 16.3. The number of carbonyl (C=O) groups is 2. The lowest BCUT2D eigenvalue weighted by atomic mass is 9.89. The van der Waals surface area contributed by atoms with Gasteiger partial charge in [0.2, 0.25) is 5.91 Å². The van der Waals surface area contributed by atoms with E-state index in [0.29, 0.717) is 18.7 Å². The molecule has 45 heavy (non-hydrogen) atoms. The van der Waals surface area contributed by atoms with Crippen molar-refractivity contribution in [3.05, 3.63) is 64.6 Å². The number of nitrogens with zero attached hydrogens (tertiary/aromatic N) is 2. The number of benzene rings is 2. The average molecular weight is 639 g/mol. The van der Waals surface area contributed by atoms with Crippen molar-refractivity contribution < 1.29 is 23.5 Å². The Morgan fingerprint density at radius 2 is 1.80 bits per heavy atom. The number of carbonyl (C=O) groups excluding carboxylic acids is 2. The van der Waals surface area contributed by atoms with Gasteiger partial charge in [-0.1, -0.05) is 36.7 Å². The zero-order valence-corrected chi connectivity index (χ0v) is 27.1. The molecule has 2 saturated heterocycles. The molecule has 242 valence electrons. The molecule has 10 heteroatoms. The maximum atomic E-state index is 15.5. The molecule has 8 nitrogen and oxygen atoms in total. The number of halogens is 2. The Bertz CT molecular complexity index is 1510. The molecule has 3 aliphatic rings. The summed E-state index contributed by atoms with van der Waals surface area (Å²) in [5.74, 6) is -0.400. The highest BCUT2D eigenvalue weighted by Gasteiger charge is 2.40. The van der Waals surface area contributed by atoms with E-state index in [-0.39, 0.29) is 59.0 Å². The van der Waals surface area contributed by atoms with Crippen LogP contribution in [0, 0.1) is 11.7 Å². The number of H-pyrrole nitrogens is 1. The Balaban J connectivity index is 1.14. The number of morpholine rings is 1. The average Bonchev–Trinajstić information content (AvgIpc) is 3.64. The molecule has 1 aromatic heterocycles. The van der Waals surface area contributed by atoms with Gasteiger partial charge in [0.05, 0.1) is 53.7 Å². The van der Waals surface area contributed by atoms with Crippen molar-refractivity contribution in [1.82, 2.24) is 14.8 Å². The number of hydrogen-bond acceptors (Lipinski definition) is 5. The van der Waals surface area contributed by atoms with Crippen molar-refractivity contribution in [1.29, 1.82) is 0 Å². The summed E-state index contributed by atoms with van der Waals surface area (Å²) in [6.07, 6.45) is 7.24. The maximum Gasteiger partial charge on any atom is 0.257 e. The van der Waals surface area contributed by atoms with Gasteiger partial charge in [-0.25, -0.2) is 4.39 Å². The zero-order chi connectivity index (χ0) is 31.7. The molecule has 0 bridgehead atoms. The summed E-state index contributed by atoms with van der Waals surface area (Å²) < 4.78 is 27.8. The van der Waals surface area contributed by atoms with Gasteiger partial charge in [0, 0.05) is 42.8 Å². The van der Waals surface area contributed by atoms with E-state index < -0.39 is 11.7 Å². The fourth-order valence-electron chi connectivity index (χ4n) is 7.31. The molecule has 3 heterocycles. The highest BCUT2D eigenvalue weighted by molar-refractivity contribution is 6.34. The molecular weight excluding hydrogens is 595 g/mol. The van der Waals surface area contributed by atoms with Crippen LogP contribution in [0.5, 0.6) is 0 Å². The predicted octanol–water partition coefficient (Wildman–Crippen LogP) is 6.43. The molecule has 3 aromatic rings. The van der Waals surface area contributed by atoms with E-state index in [2.05, 4.69) is 36.0 Å². The van der Waals surface area contributed by atoms with Crippen LogP contribution in [0.2, 0.25) is 5.02 Å². The Kier molecular flexibility index (Phi) is 9.80. The number of para-hydroxylation sites is 1. The SMILES string of the molecule is CC1CCC(OC[C@@H]2C[C@H](N3C[C@@H](C)O[C@@H](C)C3)CN2C(=O)Cc2cc(Cl)c(NC(=O)c3c[nH]c4ccccc34)cc2F)CC1. The number of aromatic nitrogens is 1. The molecule has 3 fully saturated rings. The van der Waals surface area contributed by atoms with Gasteiger partial charge in [-0.3, -0.25) is 14.5 Å². The van der Waals surface area contributed by atoms with E-state index in [0.717, 1.165) is 49.2 Å². The molecule has 0 unspecified atom stereocenters. The molecular formula is C35H44ClFN4O4. The van der Waals surface area contributed by atoms with Crippen LogP contribution < -0.4 is 5.32 Å². The summed E-state index contributed by atoms with van der Waals surface area (Å²) in [4.78, 5) is 34.2. The van der Waals surface area contributed by atoms with E-state index in [1.54, 1.807) is 6.20 Å². The molecule has 2 amide bonds. The first-order valence-corrected chi connectivity index (χ1v) is 16.7. The summed E-state index contributed by atoms with van der Waals surface area (Å²) in [6, 6.07) is 10.2. The minimum Gasteiger partial charge on any atom is -0.376 e. The summed E-state index contributed by atoms with van der Waals surface area (Å²) in [5, 5.41) is 3.66. The molecule has 2 aliphatic heterocycles. The monoisotopic (exact) mass is 638 g/mol. The van der Waals surface area contributed by atoms with Gasteiger partial charge in [-0.15, -0.1) is 0 Å². The number of likely N-dealkylation sites (tertiary alicyclic amines) is 1. The number of hydrogen-bond donors (Lipinski definition) is 2. The molecule has 4 atom stereocenters. The number of amides is 2. The van der Waals surface area contributed by atoms with Crippen molar-refractivity contribution in [3.63, 3.8) is 0 Å². The van der Waals surface area contributed by atoms with Gasteiger partial charge in [0.25, 0.3) is 5.91 Å². The second-order valence-electron chi connectivity index (χ2n) is 13.3. The van der Waals surface area contributed by atoms with Crippen LogP contribution in [-0.2, 0) is 20.7 Å². The smallest absolute Gasteiger partial charge is 0.257 e. The van der Waals surface area contributed by atoms with Crippen LogP contribution in [-0.4, -0.2) is 83.2 Å². The first kappa shape index (κ1) is 32.0. The van der Waals surface area contributed by atoms with Crippen molar-refractivity contribution in [2.24, 2.45) is 5.92 Å². The van der Waals surface area contributed by atoms with Gasteiger partial charge in [0.1, 0.15) is 5.82 Å². The lowest BCUT2D eigenvalue weighted by molar-refractivity contribution is -0.133. The van der Waals surface area contributed by atoms with Gasteiger partial charge < -0.3 is 24.7 Å². The molecule has 1 aliphatic carbocycles. The number of fused-ring (bicyclic) bond motifs is 1. The van der Waals surface area contributed by atoms with Crippen molar-refractivity contribution in [3.8, 4) is 0 Å². The highest BCUT2D eigenvalue weighted by atomic mass is 35.5. The van der Waals surface area contributed by atoms with Gasteiger partial charge >= 0.3 is 0 Å². The standard InChI is InChI=1S/C35H44ClFN4O4/c1-21-8-10-27(11-9-21)44-20-26-14-25(40-17-22(2)45-23(3)18-40)19-41(26)34(42)13-24-12-30(36)33(15-31(24)37)39-35(43)29-16-38-32-7-5-4-6-28(29)32/h4-7,12,15-16,21-23,25-27,38H,8-11,13-14,17-20H2,1-3H3,(H,39,43)/t21?,22-,23+,25-,26-,27?/m0/s1. The van der Waals surface area contributed by atoms with Crippen LogP contribution >= 0.6 is 11.6 Å². The third-order valence-electron chi connectivity index (χ3n) is 9.72. The molecule has 0 radical (unpaired) electrons. The number of aromatic amines is 1. The summed E-state index contributed by atoms with van der Waals surface area (Å²) in [7, 11) is 0. The number of ether oxygens (including phenoxy) is 2. The quantitative estimate of drug-likeness (QED) is 0.297. The summed E-state index contributed by atoms with van der Waals surface area (Å²) >= 11 is 6.54. The van der Waals surface area contributed by atoms with Gasteiger partial charge in [-0.2, -0.15) is 0 Å². The van der Waals surface area contributed by atoms with Gasteiger partial charge in [0.15, 0.2) is 0 Å². The molecule has 2 N–H and O–H groups in total. The Labute approximate surface area is 269 Å². The normalized spacial score (nSPS) is 27.6. The second kappa shape index (κ2) is 13.8. The fourth-order valence-corrected chi connectivity index (χ4v) is 7.55. The largest absolute Gasteiger partial charge is 0.376 e. The van der Waals surface area contributed by atoms with Crippen molar-refractivity contribution in [2.75, 3.05) is 31.6 Å². The lowest BCUT2D eigenvalue weighted by Crippen LogP contribution is -2.51. The summed E-state index contributed by atoms with van der Waals surface area (Å²) in [6.45, 7) is 9.16. The molecule has 1 saturated carbocycles. The van der Waals surface area contributed by atoms with Gasteiger partial charge in [-0.05, 0) is 75.6 Å². The van der Waals surface area contributed by atoms with Crippen LogP contribution in [0.25, 0.3) is 10.9 Å². The highest BCUT2D eigenvalue weighted by Crippen LogP contribution is 2.31. The van der Waals surface area contributed by atoms with Crippen molar-refractivity contribution >= 4 is 40.0 Å². The van der Waals surface area contributed by atoms with Crippen LogP contribution in [0.15, 0.2) is 42.6 Å². The van der Waals surface area contributed by atoms with Crippen molar-refractivity contribution in [2.45, 2.75) is 89.7 Å². The maximum absolute atomic E-state index is 15.5. The third-order valence-corrected chi connectivity index (χ3v) is 10.0. The zero-order valence-electron chi connectivity index (χ0n) is 26.4. The van der Waals surface area contributed by atoms with Crippen LogP contribution in [0.3, 0.4) is 0 Å². The number of nitrogens with one attached hydrogen (secondary N) is 2. The Hall–Kier alpha value is -2.98. The molecule has 2 aromatic carbocycles. The fraction of sp³-hybridized carbons (Fsp3) is 0.543. The van der Waals surface area contributed by atoms with Crippen LogP contribution in [0.4, 0.5) is 10.1 Å². The van der Waals surface area contributed by atoms with E-state index >= 15 is 4.39 Å². The van der Waals surface area contributed by atoms with Crippen LogP contribution in [0.1, 0.15) is 68.8 Å². The number of rotatable bonds is 8. The van der Waals surface area contributed by atoms with E-state index in [1.807, 2.05) is 29.2 Å². The van der Waals surface area contributed by atoms with E-state index in [9.17, 15) is 9.59 Å². The first-order chi connectivity index (χ1) is 21.6. The second-order valence-corrected chi connectivity index (χ2v) is 13.7. The number of anilines is 1. The minimum atomic E-state index is -0.585. The topological polar surface area (TPSA) is 86.9 Å². The Morgan fingerprint density at radius 1 is 1.07 bits per heavy atom. The molecule has 0 spiro atoms. The van der Waals surface area contributed by atoms with E-state index in [4.69, 9.17) is 21.1 Å². The predicted molar refractivity (Wildman–Crippen MR) is 174 cm³/mol. The third kappa shape index (κ3) is 7.38. The Morgan fingerprint density at radius 3 is 2.56 bits per heavy atom. The summed E-state index contributed by atoms with van der Waals surface area (Å²) in [5.41, 5.74) is 1.62.